The van der Waals surface area contributed by atoms with E-state index in [9.17, 15) is 0 Å². The topological polar surface area (TPSA) is 38.5 Å². The van der Waals surface area contributed by atoms with Crippen LogP contribution in [0.25, 0.3) is 0 Å². The minimum Gasteiger partial charge on any atom is -0.497 e. The van der Waals surface area contributed by atoms with E-state index in [1.54, 1.807) is 7.11 Å². The number of nitrogens with zero attached hydrogens (tertiary/aromatic N) is 1. The van der Waals surface area contributed by atoms with Crippen molar-refractivity contribution in [3.63, 3.8) is 0 Å². The summed E-state index contributed by atoms with van der Waals surface area (Å²) in [5.41, 5.74) is 9.12. The number of benzene rings is 1. The Morgan fingerprint density at radius 3 is 2.79 bits per heavy atom. The van der Waals surface area contributed by atoms with E-state index in [1.807, 2.05) is 6.07 Å². The molecule has 0 aromatic heterocycles. The van der Waals surface area contributed by atoms with Crippen LogP contribution in [-0.4, -0.2) is 20.2 Å². The van der Waals surface area contributed by atoms with Gasteiger partial charge in [0.1, 0.15) is 5.75 Å². The smallest absolute Gasteiger partial charge is 0.119 e. The number of nitrogens with two attached hydrogens (primary N) is 1. The average molecular weight is 260 g/mol. The fourth-order valence-electron chi connectivity index (χ4n) is 3.87. The first-order chi connectivity index (χ1) is 9.22. The molecule has 0 saturated heterocycles. The van der Waals surface area contributed by atoms with Crippen LogP contribution in [0.1, 0.15) is 43.7 Å². The monoisotopic (exact) mass is 260 g/mol. The number of hydrogen-bond acceptors (Lipinski definition) is 3. The van der Waals surface area contributed by atoms with Crippen molar-refractivity contribution < 1.29 is 4.74 Å². The van der Waals surface area contributed by atoms with Gasteiger partial charge in [0, 0.05) is 24.8 Å². The predicted octanol–water partition coefficient (Wildman–Crippen LogP) is 3.09. The lowest BCUT2D eigenvalue weighted by molar-refractivity contribution is 0.309. The molecule has 2 N–H and O–H groups in total. The minimum atomic E-state index is 0.157. The Morgan fingerprint density at radius 1 is 1.21 bits per heavy atom. The summed E-state index contributed by atoms with van der Waals surface area (Å²) < 4.78 is 5.35. The van der Waals surface area contributed by atoms with Gasteiger partial charge >= 0.3 is 0 Å². The lowest BCUT2D eigenvalue weighted by atomic mass is 9.79. The molecule has 1 saturated carbocycles. The summed E-state index contributed by atoms with van der Waals surface area (Å²) >= 11 is 0. The predicted molar refractivity (Wildman–Crippen MR) is 78.7 cm³/mol. The van der Waals surface area contributed by atoms with Crippen molar-refractivity contribution in [1.29, 1.82) is 0 Å². The molecule has 1 aliphatic heterocycles. The fraction of sp³-hybridized carbons (Fsp3) is 0.625. The normalized spacial score (nSPS) is 30.3. The van der Waals surface area contributed by atoms with Crippen LogP contribution in [0.2, 0.25) is 0 Å². The third-order valence-electron chi connectivity index (χ3n) is 4.96. The van der Waals surface area contributed by atoms with Gasteiger partial charge in [0.2, 0.25) is 0 Å². The maximum Gasteiger partial charge on any atom is 0.119 e. The van der Waals surface area contributed by atoms with E-state index in [-0.39, 0.29) is 6.04 Å². The molecule has 2 aliphatic rings. The third kappa shape index (κ3) is 2.10. The van der Waals surface area contributed by atoms with Crippen molar-refractivity contribution in [3.8, 4) is 5.75 Å². The fourth-order valence-corrected chi connectivity index (χ4v) is 3.87. The van der Waals surface area contributed by atoms with Crippen LogP contribution in [0, 0.1) is 5.92 Å². The number of hydrogen-bond donors (Lipinski definition) is 1. The first-order valence-electron chi connectivity index (χ1n) is 7.38. The van der Waals surface area contributed by atoms with Gasteiger partial charge in [0.25, 0.3) is 0 Å². The van der Waals surface area contributed by atoms with Gasteiger partial charge in [0.05, 0.1) is 7.11 Å². The van der Waals surface area contributed by atoms with Crippen LogP contribution in [-0.2, 0) is 0 Å². The minimum absolute atomic E-state index is 0.157. The van der Waals surface area contributed by atoms with Gasteiger partial charge in [-0.05, 0) is 42.5 Å². The molecule has 3 rings (SSSR count). The molecule has 3 heteroatoms. The summed E-state index contributed by atoms with van der Waals surface area (Å²) in [4.78, 5) is 2.45. The first kappa shape index (κ1) is 12.8. The van der Waals surface area contributed by atoms with Gasteiger partial charge in [-0.15, -0.1) is 0 Å². The highest BCUT2D eigenvalue weighted by atomic mass is 16.5. The lowest BCUT2D eigenvalue weighted by Gasteiger charge is -2.44. The second kappa shape index (κ2) is 5.04. The van der Waals surface area contributed by atoms with Gasteiger partial charge in [-0.25, -0.2) is 0 Å². The van der Waals surface area contributed by atoms with E-state index >= 15 is 0 Å². The van der Waals surface area contributed by atoms with Crippen LogP contribution in [0.15, 0.2) is 18.2 Å². The van der Waals surface area contributed by atoms with Crippen molar-refractivity contribution in [2.45, 2.75) is 44.2 Å². The second-order valence-corrected chi connectivity index (χ2v) is 5.93. The maximum atomic E-state index is 6.57. The SMILES string of the molecule is COc1ccc2c(c1)C(N)C1CCCCCC1N2C. The Morgan fingerprint density at radius 2 is 2.00 bits per heavy atom. The Labute approximate surface area is 115 Å². The largest absolute Gasteiger partial charge is 0.497 e. The van der Waals surface area contributed by atoms with Crippen LogP contribution in [0.5, 0.6) is 5.75 Å². The molecule has 104 valence electrons. The molecule has 1 fully saturated rings. The van der Waals surface area contributed by atoms with Crippen LogP contribution < -0.4 is 15.4 Å². The summed E-state index contributed by atoms with van der Waals surface area (Å²) in [6.07, 6.45) is 6.55. The van der Waals surface area contributed by atoms with E-state index in [2.05, 4.69) is 24.1 Å². The molecule has 19 heavy (non-hydrogen) atoms. The van der Waals surface area contributed by atoms with Gasteiger partial charge in [-0.3, -0.25) is 0 Å². The third-order valence-corrected chi connectivity index (χ3v) is 4.96. The summed E-state index contributed by atoms with van der Waals surface area (Å²) in [6.45, 7) is 0. The molecule has 3 atom stereocenters. The highest BCUT2D eigenvalue weighted by Gasteiger charge is 2.38. The summed E-state index contributed by atoms with van der Waals surface area (Å²) in [5.74, 6) is 1.50. The zero-order valence-corrected chi connectivity index (χ0v) is 11.9. The van der Waals surface area contributed by atoms with Crippen LogP contribution in [0.3, 0.4) is 0 Å². The Kier molecular flexibility index (Phi) is 3.40. The van der Waals surface area contributed by atoms with Crippen LogP contribution in [0.4, 0.5) is 5.69 Å². The molecule has 0 amide bonds. The lowest BCUT2D eigenvalue weighted by Crippen LogP contribution is -2.46. The maximum absolute atomic E-state index is 6.57. The van der Waals surface area contributed by atoms with Crippen molar-refractivity contribution in [2.75, 3.05) is 19.1 Å². The van der Waals surface area contributed by atoms with Crippen molar-refractivity contribution in [1.82, 2.24) is 0 Å². The number of anilines is 1. The van der Waals surface area contributed by atoms with Gasteiger partial charge in [-0.2, -0.15) is 0 Å². The zero-order chi connectivity index (χ0) is 13.4. The number of rotatable bonds is 1. The van der Waals surface area contributed by atoms with Gasteiger partial charge in [-0.1, -0.05) is 19.3 Å². The van der Waals surface area contributed by atoms with Crippen molar-refractivity contribution >= 4 is 5.69 Å². The number of fused-ring (bicyclic) bond motifs is 2. The summed E-state index contributed by atoms with van der Waals surface area (Å²) in [6, 6.07) is 7.09. The van der Waals surface area contributed by atoms with Crippen LogP contribution >= 0.6 is 0 Å². The number of methoxy groups -OCH3 is 1. The van der Waals surface area contributed by atoms with E-state index < -0.39 is 0 Å². The molecular formula is C16H24N2O. The van der Waals surface area contributed by atoms with Gasteiger partial charge in [0.15, 0.2) is 0 Å². The van der Waals surface area contributed by atoms with E-state index in [0.717, 1.165) is 5.75 Å². The molecule has 0 bridgehead atoms. The Hall–Kier alpha value is -1.22. The Balaban J connectivity index is 2.02. The molecule has 1 aliphatic carbocycles. The molecule has 1 aromatic carbocycles. The van der Waals surface area contributed by atoms with Crippen molar-refractivity contribution in [2.24, 2.45) is 11.7 Å². The molecule has 1 heterocycles. The van der Waals surface area contributed by atoms with E-state index in [0.29, 0.717) is 12.0 Å². The first-order valence-corrected chi connectivity index (χ1v) is 7.38. The average Bonchev–Trinajstić information content (AvgIpc) is 2.70. The molecular weight excluding hydrogens is 236 g/mol. The Bertz CT molecular complexity index is 460. The highest BCUT2D eigenvalue weighted by molar-refractivity contribution is 5.60. The zero-order valence-electron chi connectivity index (χ0n) is 11.9. The molecule has 0 radical (unpaired) electrons. The standard InChI is InChI=1S/C16H24N2O/c1-18-14-7-5-3-4-6-12(14)16(17)13-10-11(19-2)8-9-15(13)18/h8-10,12,14,16H,3-7,17H2,1-2H3. The van der Waals surface area contributed by atoms with E-state index in [1.165, 1.54) is 43.4 Å². The molecule has 3 nitrogen and oxygen atoms in total. The molecule has 1 aromatic rings. The highest BCUT2D eigenvalue weighted by Crippen LogP contribution is 2.44. The van der Waals surface area contributed by atoms with Gasteiger partial charge < -0.3 is 15.4 Å². The molecule has 3 unspecified atom stereocenters. The summed E-state index contributed by atoms with van der Waals surface area (Å²) in [5, 5.41) is 0. The van der Waals surface area contributed by atoms with Crippen molar-refractivity contribution in [3.05, 3.63) is 23.8 Å². The second-order valence-electron chi connectivity index (χ2n) is 5.93. The number of ether oxygens (including phenoxy) is 1. The molecule has 0 spiro atoms. The summed E-state index contributed by atoms with van der Waals surface area (Å²) in [7, 11) is 3.94. The quantitative estimate of drug-likeness (QED) is 0.843. The van der Waals surface area contributed by atoms with E-state index in [4.69, 9.17) is 10.5 Å².